The molecule has 1 N–H and O–H groups in total. The van der Waals surface area contributed by atoms with Gasteiger partial charge >= 0.3 is 0 Å². The average Bonchev–Trinajstić information content (AvgIpc) is 2.70. The Morgan fingerprint density at radius 2 is 2.19 bits per heavy atom. The van der Waals surface area contributed by atoms with E-state index < -0.39 is 0 Å². The number of benzene rings is 1. The zero-order valence-electron chi connectivity index (χ0n) is 8.53. The molecule has 0 fully saturated rings. The van der Waals surface area contributed by atoms with Crippen molar-refractivity contribution in [3.63, 3.8) is 0 Å². The molecule has 0 unspecified atom stereocenters. The summed E-state index contributed by atoms with van der Waals surface area (Å²) in [7, 11) is 1.56. The lowest BCUT2D eigenvalue weighted by molar-refractivity contribution is 0.112. The van der Waals surface area contributed by atoms with Crippen LogP contribution in [0.25, 0.3) is 11.3 Å². The van der Waals surface area contributed by atoms with E-state index in [9.17, 15) is 4.79 Å². The van der Waals surface area contributed by atoms with E-state index in [1.807, 2.05) is 18.2 Å². The minimum absolute atomic E-state index is 0.232. The number of H-pyrrole nitrogens is 1. The van der Waals surface area contributed by atoms with E-state index in [0.717, 1.165) is 5.56 Å². The topological polar surface area (TPSA) is 55.0 Å². The average molecular weight is 237 g/mol. The van der Waals surface area contributed by atoms with Crippen molar-refractivity contribution in [2.75, 3.05) is 7.11 Å². The summed E-state index contributed by atoms with van der Waals surface area (Å²) in [6.45, 7) is 0. The molecule has 0 bridgehead atoms. The normalized spacial score (nSPS) is 10.1. The van der Waals surface area contributed by atoms with E-state index in [4.69, 9.17) is 16.3 Å². The van der Waals surface area contributed by atoms with Gasteiger partial charge in [-0.1, -0.05) is 23.7 Å². The highest BCUT2D eigenvalue weighted by Gasteiger charge is 2.15. The third-order valence-corrected chi connectivity index (χ3v) is 2.53. The van der Waals surface area contributed by atoms with Gasteiger partial charge in [0.15, 0.2) is 6.29 Å². The number of methoxy groups -OCH3 is 1. The first-order valence-corrected chi connectivity index (χ1v) is 4.98. The van der Waals surface area contributed by atoms with Gasteiger partial charge in [0.05, 0.1) is 12.7 Å². The van der Waals surface area contributed by atoms with E-state index in [2.05, 4.69) is 10.2 Å². The van der Waals surface area contributed by atoms with Crippen LogP contribution >= 0.6 is 11.6 Å². The molecule has 1 aromatic carbocycles. The molecule has 1 heterocycles. The number of aldehydes is 1. The molecule has 82 valence electrons. The number of ether oxygens (including phenoxy) is 1. The second-order valence-corrected chi connectivity index (χ2v) is 3.50. The van der Waals surface area contributed by atoms with Crippen molar-refractivity contribution in [3.8, 4) is 17.0 Å². The summed E-state index contributed by atoms with van der Waals surface area (Å²) in [6.07, 6.45) is 0.674. The minimum atomic E-state index is 0.232. The largest absolute Gasteiger partial charge is 0.496 e. The SMILES string of the molecule is COc1ccccc1-c1n[nH]c(Cl)c1C=O. The standard InChI is InChI=1S/C11H9ClN2O2/c1-16-9-5-3-2-4-7(9)10-8(6-15)11(12)14-13-10/h2-6H,1H3,(H,13,14). The maximum Gasteiger partial charge on any atom is 0.155 e. The molecule has 4 nitrogen and oxygen atoms in total. The molecule has 0 aliphatic heterocycles. The Morgan fingerprint density at radius 1 is 1.44 bits per heavy atom. The number of aromatic nitrogens is 2. The molecule has 0 spiro atoms. The molecular formula is C11H9ClN2O2. The molecule has 1 aromatic heterocycles. The maximum absolute atomic E-state index is 10.9. The zero-order valence-corrected chi connectivity index (χ0v) is 9.28. The molecule has 16 heavy (non-hydrogen) atoms. The molecule has 0 saturated carbocycles. The van der Waals surface area contributed by atoms with E-state index in [-0.39, 0.29) is 5.15 Å². The van der Waals surface area contributed by atoms with Crippen LogP contribution in [0.1, 0.15) is 10.4 Å². The number of rotatable bonds is 3. The lowest BCUT2D eigenvalue weighted by Crippen LogP contribution is -1.90. The highest BCUT2D eigenvalue weighted by molar-refractivity contribution is 6.32. The third-order valence-electron chi connectivity index (χ3n) is 2.24. The summed E-state index contributed by atoms with van der Waals surface area (Å²) < 4.78 is 5.20. The Labute approximate surface area is 97.2 Å². The first kappa shape index (κ1) is 10.7. The maximum atomic E-state index is 10.9. The van der Waals surface area contributed by atoms with E-state index in [1.165, 1.54) is 0 Å². The number of nitrogens with zero attached hydrogens (tertiary/aromatic N) is 1. The Balaban J connectivity index is 2.62. The van der Waals surface area contributed by atoms with Crippen molar-refractivity contribution in [2.45, 2.75) is 0 Å². The van der Waals surface area contributed by atoms with Crippen LogP contribution in [0.3, 0.4) is 0 Å². The molecule has 2 rings (SSSR count). The molecule has 0 aliphatic carbocycles. The second-order valence-electron chi connectivity index (χ2n) is 3.12. The van der Waals surface area contributed by atoms with Crippen molar-refractivity contribution in [2.24, 2.45) is 0 Å². The van der Waals surface area contributed by atoms with E-state index >= 15 is 0 Å². The zero-order chi connectivity index (χ0) is 11.5. The van der Waals surface area contributed by atoms with Gasteiger partial charge in [-0.15, -0.1) is 0 Å². The summed E-state index contributed by atoms with van der Waals surface area (Å²) >= 11 is 5.80. The number of aromatic amines is 1. The predicted octanol–water partition coefficient (Wildman–Crippen LogP) is 2.55. The fraction of sp³-hybridized carbons (Fsp3) is 0.0909. The van der Waals surface area contributed by atoms with Crippen LogP contribution in [-0.2, 0) is 0 Å². The third kappa shape index (κ3) is 1.67. The quantitative estimate of drug-likeness (QED) is 0.834. The van der Waals surface area contributed by atoms with Crippen LogP contribution in [0, 0.1) is 0 Å². The minimum Gasteiger partial charge on any atom is -0.496 e. The summed E-state index contributed by atoms with van der Waals surface area (Å²) in [6, 6.07) is 7.30. The van der Waals surface area contributed by atoms with Gasteiger partial charge in [-0.3, -0.25) is 9.89 Å². The second kappa shape index (κ2) is 4.37. The Hall–Kier alpha value is -1.81. The van der Waals surface area contributed by atoms with Crippen molar-refractivity contribution < 1.29 is 9.53 Å². The highest BCUT2D eigenvalue weighted by atomic mass is 35.5. The van der Waals surface area contributed by atoms with Crippen LogP contribution in [0.4, 0.5) is 0 Å². The van der Waals surface area contributed by atoms with Gasteiger partial charge in [-0.25, -0.2) is 0 Å². The van der Waals surface area contributed by atoms with Gasteiger partial charge in [0, 0.05) is 5.56 Å². The first-order chi connectivity index (χ1) is 7.77. The van der Waals surface area contributed by atoms with Crippen LogP contribution in [0.15, 0.2) is 24.3 Å². The van der Waals surface area contributed by atoms with Crippen LogP contribution < -0.4 is 4.74 Å². The summed E-state index contributed by atoms with van der Waals surface area (Å²) in [5.41, 5.74) is 1.57. The van der Waals surface area contributed by atoms with Crippen molar-refractivity contribution >= 4 is 17.9 Å². The molecule has 0 radical (unpaired) electrons. The molecule has 5 heteroatoms. The van der Waals surface area contributed by atoms with Gasteiger partial charge in [-0.05, 0) is 12.1 Å². The number of carbonyl (C=O) groups excluding carboxylic acids is 1. The number of hydrogen-bond acceptors (Lipinski definition) is 3. The molecule has 0 atom stereocenters. The Kier molecular flexibility index (Phi) is 2.92. The molecule has 0 amide bonds. The van der Waals surface area contributed by atoms with E-state index in [1.54, 1.807) is 13.2 Å². The predicted molar refractivity (Wildman–Crippen MR) is 61.0 cm³/mol. The number of nitrogens with one attached hydrogen (secondary N) is 1. The lowest BCUT2D eigenvalue weighted by atomic mass is 10.1. The van der Waals surface area contributed by atoms with Gasteiger partial charge < -0.3 is 4.74 Å². The van der Waals surface area contributed by atoms with Crippen LogP contribution in [0.5, 0.6) is 5.75 Å². The van der Waals surface area contributed by atoms with Crippen LogP contribution in [0.2, 0.25) is 5.15 Å². The fourth-order valence-corrected chi connectivity index (χ4v) is 1.66. The highest BCUT2D eigenvalue weighted by Crippen LogP contribution is 2.32. The van der Waals surface area contributed by atoms with Crippen LogP contribution in [-0.4, -0.2) is 23.6 Å². The number of hydrogen-bond donors (Lipinski definition) is 1. The monoisotopic (exact) mass is 236 g/mol. The fourth-order valence-electron chi connectivity index (χ4n) is 1.48. The van der Waals surface area contributed by atoms with Gasteiger partial charge in [0.1, 0.15) is 16.6 Å². The van der Waals surface area contributed by atoms with E-state index in [0.29, 0.717) is 23.3 Å². The molecular weight excluding hydrogens is 228 g/mol. The Morgan fingerprint density at radius 3 is 2.88 bits per heavy atom. The van der Waals surface area contributed by atoms with Crippen molar-refractivity contribution in [1.82, 2.24) is 10.2 Å². The number of para-hydroxylation sites is 1. The van der Waals surface area contributed by atoms with Gasteiger partial charge in [-0.2, -0.15) is 5.10 Å². The molecule has 0 saturated heterocycles. The number of carbonyl (C=O) groups is 1. The lowest BCUT2D eigenvalue weighted by Gasteiger charge is -2.05. The Bertz CT molecular complexity index is 522. The number of halogens is 1. The molecule has 0 aliphatic rings. The van der Waals surface area contributed by atoms with Crippen molar-refractivity contribution in [1.29, 1.82) is 0 Å². The summed E-state index contributed by atoms with van der Waals surface area (Å²) in [5, 5.41) is 6.80. The summed E-state index contributed by atoms with van der Waals surface area (Å²) in [5.74, 6) is 0.647. The van der Waals surface area contributed by atoms with Crippen molar-refractivity contribution in [3.05, 3.63) is 35.0 Å². The van der Waals surface area contributed by atoms with Gasteiger partial charge in [0.2, 0.25) is 0 Å². The smallest absolute Gasteiger partial charge is 0.155 e. The summed E-state index contributed by atoms with van der Waals surface area (Å²) in [4.78, 5) is 10.9. The first-order valence-electron chi connectivity index (χ1n) is 4.60. The van der Waals surface area contributed by atoms with Gasteiger partial charge in [0.25, 0.3) is 0 Å². The molecule has 2 aromatic rings.